The minimum atomic E-state index is -0.683. The Morgan fingerprint density at radius 3 is 2.67 bits per heavy atom. The van der Waals surface area contributed by atoms with Gasteiger partial charge in [0, 0.05) is 6.07 Å². The summed E-state index contributed by atoms with van der Waals surface area (Å²) in [4.78, 5) is 0. The molecule has 0 fully saturated rings. The molecule has 1 N–H and O–H groups in total. The number of halogens is 1. The molecule has 0 aromatic heterocycles. The molecule has 0 aliphatic carbocycles. The van der Waals surface area contributed by atoms with Crippen LogP contribution in [-0.2, 0) is 4.74 Å². The van der Waals surface area contributed by atoms with Crippen LogP contribution < -0.4 is 4.74 Å². The maximum Gasteiger partial charge on any atom is 0.168 e. The number of benzene rings is 1. The first-order valence-corrected chi connectivity index (χ1v) is 4.82. The molecule has 0 amide bonds. The molecular weight excluding hydrogens is 199 g/mol. The van der Waals surface area contributed by atoms with E-state index < -0.39 is 5.82 Å². The second kappa shape index (κ2) is 5.56. The average molecular weight is 214 g/mol. The van der Waals surface area contributed by atoms with Crippen molar-refractivity contribution >= 4 is 0 Å². The molecule has 0 unspecified atom stereocenters. The highest BCUT2D eigenvalue weighted by Crippen LogP contribution is 2.20. The van der Waals surface area contributed by atoms with Crippen molar-refractivity contribution in [3.8, 4) is 11.5 Å². The second-order valence-electron chi connectivity index (χ2n) is 3.38. The summed E-state index contributed by atoms with van der Waals surface area (Å²) in [6.45, 7) is 4.68. The number of ether oxygens (including phenoxy) is 2. The highest BCUT2D eigenvalue weighted by Gasteiger charge is 2.02. The molecule has 0 saturated carbocycles. The van der Waals surface area contributed by atoms with E-state index in [1.807, 2.05) is 13.8 Å². The van der Waals surface area contributed by atoms with E-state index >= 15 is 0 Å². The van der Waals surface area contributed by atoms with Gasteiger partial charge in [-0.05, 0) is 26.0 Å². The van der Waals surface area contributed by atoms with E-state index in [0.29, 0.717) is 19.0 Å². The fraction of sp³-hybridized carbons (Fsp3) is 0.455. The fourth-order valence-electron chi connectivity index (χ4n) is 1.02. The van der Waals surface area contributed by atoms with Crippen LogP contribution in [-0.4, -0.2) is 24.4 Å². The normalized spacial score (nSPS) is 10.7. The van der Waals surface area contributed by atoms with Gasteiger partial charge >= 0.3 is 0 Å². The van der Waals surface area contributed by atoms with Gasteiger partial charge in [-0.1, -0.05) is 0 Å². The van der Waals surface area contributed by atoms with Crippen molar-refractivity contribution in [1.29, 1.82) is 0 Å². The SMILES string of the molecule is CC(C)OCCOc1ccc(O)c(F)c1. The lowest BCUT2D eigenvalue weighted by molar-refractivity contribution is 0.0552. The second-order valence-corrected chi connectivity index (χ2v) is 3.38. The number of phenols is 1. The zero-order valence-corrected chi connectivity index (χ0v) is 8.87. The van der Waals surface area contributed by atoms with Crippen LogP contribution in [0.5, 0.6) is 11.5 Å². The summed E-state index contributed by atoms with van der Waals surface area (Å²) >= 11 is 0. The average Bonchev–Trinajstić information content (AvgIpc) is 2.18. The number of aromatic hydroxyl groups is 1. The van der Waals surface area contributed by atoms with Crippen LogP contribution in [0.1, 0.15) is 13.8 Å². The molecule has 0 bridgehead atoms. The summed E-state index contributed by atoms with van der Waals surface area (Å²) in [5.41, 5.74) is 0. The van der Waals surface area contributed by atoms with Gasteiger partial charge in [-0.15, -0.1) is 0 Å². The topological polar surface area (TPSA) is 38.7 Å². The first kappa shape index (κ1) is 11.8. The maximum absolute atomic E-state index is 12.9. The Kier molecular flexibility index (Phi) is 4.37. The number of hydrogen-bond donors (Lipinski definition) is 1. The number of rotatable bonds is 5. The zero-order chi connectivity index (χ0) is 11.3. The summed E-state index contributed by atoms with van der Waals surface area (Å²) in [5, 5.41) is 8.93. The minimum Gasteiger partial charge on any atom is -0.505 e. The van der Waals surface area contributed by atoms with Crippen molar-refractivity contribution in [3.63, 3.8) is 0 Å². The lowest BCUT2D eigenvalue weighted by Crippen LogP contribution is -2.11. The standard InChI is InChI=1S/C11H15FO3/c1-8(2)14-5-6-15-9-3-4-11(13)10(12)7-9/h3-4,7-8,13H,5-6H2,1-2H3. The van der Waals surface area contributed by atoms with Crippen LogP contribution in [0.15, 0.2) is 18.2 Å². The van der Waals surface area contributed by atoms with E-state index in [1.165, 1.54) is 12.1 Å². The van der Waals surface area contributed by atoms with E-state index in [2.05, 4.69) is 0 Å². The smallest absolute Gasteiger partial charge is 0.168 e. The van der Waals surface area contributed by atoms with Crippen molar-refractivity contribution in [1.82, 2.24) is 0 Å². The van der Waals surface area contributed by atoms with Crippen molar-refractivity contribution in [2.24, 2.45) is 0 Å². The summed E-state index contributed by atoms with van der Waals surface area (Å²) < 4.78 is 23.3. The van der Waals surface area contributed by atoms with Crippen LogP contribution in [0.4, 0.5) is 4.39 Å². The molecule has 0 atom stereocenters. The van der Waals surface area contributed by atoms with Crippen LogP contribution in [0.2, 0.25) is 0 Å². The van der Waals surface area contributed by atoms with Crippen LogP contribution in [0.3, 0.4) is 0 Å². The molecule has 0 heterocycles. The Balaban J connectivity index is 2.35. The predicted octanol–water partition coefficient (Wildman–Crippen LogP) is 2.34. The van der Waals surface area contributed by atoms with Gasteiger partial charge in [-0.25, -0.2) is 4.39 Å². The van der Waals surface area contributed by atoms with Crippen molar-refractivity contribution < 1.29 is 19.0 Å². The van der Waals surface area contributed by atoms with Gasteiger partial charge in [0.15, 0.2) is 11.6 Å². The first-order chi connectivity index (χ1) is 7.09. The molecule has 1 aromatic carbocycles. The molecule has 1 rings (SSSR count). The highest BCUT2D eigenvalue weighted by atomic mass is 19.1. The molecule has 0 aliphatic rings. The number of phenolic OH excluding ortho intramolecular Hbond substituents is 1. The van der Waals surface area contributed by atoms with E-state index in [0.717, 1.165) is 6.07 Å². The lowest BCUT2D eigenvalue weighted by Gasteiger charge is -2.09. The molecule has 0 aliphatic heterocycles. The molecule has 3 nitrogen and oxygen atoms in total. The summed E-state index contributed by atoms with van der Waals surface area (Å²) in [6.07, 6.45) is 0.158. The van der Waals surface area contributed by atoms with Crippen LogP contribution in [0, 0.1) is 5.82 Å². The lowest BCUT2D eigenvalue weighted by atomic mass is 10.3. The molecule has 15 heavy (non-hydrogen) atoms. The van der Waals surface area contributed by atoms with E-state index in [9.17, 15) is 4.39 Å². The van der Waals surface area contributed by atoms with Crippen LogP contribution in [0.25, 0.3) is 0 Å². The Morgan fingerprint density at radius 1 is 1.33 bits per heavy atom. The van der Waals surface area contributed by atoms with E-state index in [4.69, 9.17) is 14.6 Å². The monoisotopic (exact) mass is 214 g/mol. The molecule has 0 spiro atoms. The fourth-order valence-corrected chi connectivity index (χ4v) is 1.02. The van der Waals surface area contributed by atoms with Gasteiger partial charge in [-0.3, -0.25) is 0 Å². The molecule has 1 aromatic rings. The van der Waals surface area contributed by atoms with Gasteiger partial charge < -0.3 is 14.6 Å². The quantitative estimate of drug-likeness (QED) is 0.764. The highest BCUT2D eigenvalue weighted by molar-refractivity contribution is 5.31. The molecule has 0 saturated heterocycles. The van der Waals surface area contributed by atoms with Crippen LogP contribution >= 0.6 is 0 Å². The predicted molar refractivity (Wildman–Crippen MR) is 54.6 cm³/mol. The molecule has 0 radical (unpaired) electrons. The Morgan fingerprint density at radius 2 is 2.07 bits per heavy atom. The van der Waals surface area contributed by atoms with E-state index in [-0.39, 0.29) is 11.9 Å². The van der Waals surface area contributed by atoms with Crippen molar-refractivity contribution in [2.75, 3.05) is 13.2 Å². The van der Waals surface area contributed by atoms with Gasteiger partial charge in [0.25, 0.3) is 0 Å². The third kappa shape index (κ3) is 4.16. The summed E-state index contributed by atoms with van der Waals surface area (Å²) in [7, 11) is 0. The maximum atomic E-state index is 12.9. The molecule has 4 heteroatoms. The summed E-state index contributed by atoms with van der Waals surface area (Å²) in [5.74, 6) is -0.671. The Bertz CT molecular complexity index is 313. The van der Waals surface area contributed by atoms with Crippen molar-refractivity contribution in [2.45, 2.75) is 20.0 Å². The van der Waals surface area contributed by atoms with Gasteiger partial charge in [0.1, 0.15) is 12.4 Å². The third-order valence-corrected chi connectivity index (χ3v) is 1.72. The largest absolute Gasteiger partial charge is 0.505 e. The Hall–Kier alpha value is -1.29. The van der Waals surface area contributed by atoms with E-state index in [1.54, 1.807) is 0 Å². The molecule has 84 valence electrons. The molecular formula is C11H15FO3. The number of hydrogen-bond acceptors (Lipinski definition) is 3. The summed E-state index contributed by atoms with van der Waals surface area (Å²) in [6, 6.07) is 3.91. The van der Waals surface area contributed by atoms with Crippen molar-refractivity contribution in [3.05, 3.63) is 24.0 Å². The van der Waals surface area contributed by atoms with Gasteiger partial charge in [0.2, 0.25) is 0 Å². The van der Waals surface area contributed by atoms with Gasteiger partial charge in [-0.2, -0.15) is 0 Å². The van der Waals surface area contributed by atoms with Gasteiger partial charge in [0.05, 0.1) is 12.7 Å². The Labute approximate surface area is 88.4 Å². The first-order valence-electron chi connectivity index (χ1n) is 4.82. The minimum absolute atomic E-state index is 0.158. The zero-order valence-electron chi connectivity index (χ0n) is 8.87. The third-order valence-electron chi connectivity index (χ3n) is 1.72.